The zero-order valence-electron chi connectivity index (χ0n) is 14.7. The summed E-state index contributed by atoms with van der Waals surface area (Å²) >= 11 is 0. The van der Waals surface area contributed by atoms with Gasteiger partial charge in [-0.1, -0.05) is 12.1 Å². The second-order valence-corrected chi connectivity index (χ2v) is 6.44. The normalized spacial score (nSPS) is 13.6. The molecule has 0 aliphatic carbocycles. The number of para-hydroxylation sites is 1. The molecule has 0 unspecified atom stereocenters. The lowest BCUT2D eigenvalue weighted by Gasteiger charge is -2.28. The largest absolute Gasteiger partial charge is 0.441 e. The molecule has 0 radical (unpaired) electrons. The fraction of sp³-hybridized carbons (Fsp3) is 0.190. The van der Waals surface area contributed by atoms with Gasteiger partial charge in [0.2, 0.25) is 11.8 Å². The van der Waals surface area contributed by atoms with Crippen molar-refractivity contribution in [3.8, 4) is 11.5 Å². The molecule has 6 heteroatoms. The molecule has 0 saturated heterocycles. The van der Waals surface area contributed by atoms with Gasteiger partial charge < -0.3 is 9.32 Å². The first kappa shape index (κ1) is 17.1. The van der Waals surface area contributed by atoms with Crippen molar-refractivity contribution in [2.24, 2.45) is 0 Å². The standard InChI is InChI=1S/C21H17FN2O3/c1-13-17(23-21(27-13)14-6-8-15(22)9-7-14)12-20(26)24-11-10-19(25)16-4-2-3-5-18(16)24/h2-9H,10-12H2,1H3. The van der Waals surface area contributed by atoms with Crippen LogP contribution >= 0.6 is 0 Å². The number of rotatable bonds is 3. The molecule has 0 bridgehead atoms. The van der Waals surface area contributed by atoms with E-state index in [0.29, 0.717) is 47.1 Å². The van der Waals surface area contributed by atoms with Crippen molar-refractivity contribution in [3.63, 3.8) is 0 Å². The summed E-state index contributed by atoms with van der Waals surface area (Å²) in [5.74, 6) is 0.465. The lowest BCUT2D eigenvalue weighted by atomic mass is 10.00. The van der Waals surface area contributed by atoms with E-state index in [9.17, 15) is 14.0 Å². The summed E-state index contributed by atoms with van der Waals surface area (Å²) in [5.41, 5.74) is 2.39. The van der Waals surface area contributed by atoms with Gasteiger partial charge in [-0.15, -0.1) is 0 Å². The van der Waals surface area contributed by atoms with E-state index in [2.05, 4.69) is 4.98 Å². The maximum atomic E-state index is 13.1. The number of benzene rings is 2. The number of aromatic nitrogens is 1. The summed E-state index contributed by atoms with van der Waals surface area (Å²) in [6.07, 6.45) is 0.375. The van der Waals surface area contributed by atoms with Crippen molar-refractivity contribution in [3.05, 3.63) is 71.4 Å². The van der Waals surface area contributed by atoms with E-state index in [4.69, 9.17) is 4.42 Å². The van der Waals surface area contributed by atoms with Crippen molar-refractivity contribution in [2.75, 3.05) is 11.4 Å². The molecule has 0 spiro atoms. The maximum Gasteiger partial charge on any atom is 0.233 e. The molecule has 0 fully saturated rings. The van der Waals surface area contributed by atoms with Crippen molar-refractivity contribution in [1.82, 2.24) is 4.98 Å². The Kier molecular flexibility index (Phi) is 4.32. The molecular weight excluding hydrogens is 347 g/mol. The molecular formula is C21H17FN2O3. The number of oxazole rings is 1. The number of hydrogen-bond donors (Lipinski definition) is 0. The first-order valence-corrected chi connectivity index (χ1v) is 8.68. The van der Waals surface area contributed by atoms with Crippen LogP contribution in [0.15, 0.2) is 52.9 Å². The first-order valence-electron chi connectivity index (χ1n) is 8.68. The molecule has 4 rings (SSSR count). The van der Waals surface area contributed by atoms with Gasteiger partial charge in [-0.05, 0) is 43.3 Å². The van der Waals surface area contributed by atoms with Crippen LogP contribution in [0.1, 0.15) is 28.2 Å². The van der Waals surface area contributed by atoms with Gasteiger partial charge in [-0.2, -0.15) is 0 Å². The van der Waals surface area contributed by atoms with Gasteiger partial charge in [0, 0.05) is 24.1 Å². The SMILES string of the molecule is Cc1oc(-c2ccc(F)cc2)nc1CC(=O)N1CCC(=O)c2ccccc21. The Morgan fingerprint density at radius 1 is 1.19 bits per heavy atom. The number of aryl methyl sites for hydroxylation is 1. The molecule has 1 aliphatic heterocycles. The van der Waals surface area contributed by atoms with Crippen molar-refractivity contribution in [2.45, 2.75) is 19.8 Å². The molecule has 27 heavy (non-hydrogen) atoms. The summed E-state index contributed by atoms with van der Waals surface area (Å²) in [5, 5.41) is 0. The number of nitrogens with zero attached hydrogens (tertiary/aromatic N) is 2. The summed E-state index contributed by atoms with van der Waals surface area (Å²) in [6, 6.07) is 13.0. The predicted molar refractivity (Wildman–Crippen MR) is 98.1 cm³/mol. The van der Waals surface area contributed by atoms with E-state index < -0.39 is 0 Å². The Labute approximate surface area is 155 Å². The third-order valence-corrected chi connectivity index (χ3v) is 4.66. The molecule has 2 heterocycles. The Balaban J connectivity index is 1.58. The van der Waals surface area contributed by atoms with Gasteiger partial charge in [-0.25, -0.2) is 9.37 Å². The lowest BCUT2D eigenvalue weighted by molar-refractivity contribution is -0.118. The maximum absolute atomic E-state index is 13.1. The van der Waals surface area contributed by atoms with Gasteiger partial charge in [0.15, 0.2) is 5.78 Å². The van der Waals surface area contributed by atoms with E-state index in [1.54, 1.807) is 42.2 Å². The summed E-state index contributed by atoms with van der Waals surface area (Å²) in [6.45, 7) is 2.10. The third kappa shape index (κ3) is 3.26. The van der Waals surface area contributed by atoms with Crippen LogP contribution in [-0.4, -0.2) is 23.2 Å². The molecule has 3 aromatic rings. The Morgan fingerprint density at radius 2 is 1.93 bits per heavy atom. The second kappa shape index (κ2) is 6.79. The number of Topliss-reactive ketones (excluding diaryl/α,β-unsaturated/α-hetero) is 1. The van der Waals surface area contributed by atoms with Crippen molar-refractivity contribution >= 4 is 17.4 Å². The quantitative estimate of drug-likeness (QED) is 0.706. The van der Waals surface area contributed by atoms with Gasteiger partial charge in [0.1, 0.15) is 11.6 Å². The number of hydrogen-bond acceptors (Lipinski definition) is 4. The topological polar surface area (TPSA) is 63.4 Å². The van der Waals surface area contributed by atoms with Crippen LogP contribution in [0.25, 0.3) is 11.5 Å². The number of amides is 1. The average molecular weight is 364 g/mol. The van der Waals surface area contributed by atoms with E-state index >= 15 is 0 Å². The molecule has 0 N–H and O–H groups in total. The highest BCUT2D eigenvalue weighted by Crippen LogP contribution is 2.28. The Morgan fingerprint density at radius 3 is 2.70 bits per heavy atom. The number of ketones is 1. The van der Waals surface area contributed by atoms with Crippen LogP contribution in [0.3, 0.4) is 0 Å². The smallest absolute Gasteiger partial charge is 0.233 e. The number of carbonyl (C=O) groups excluding carboxylic acids is 2. The molecule has 5 nitrogen and oxygen atoms in total. The molecule has 136 valence electrons. The number of fused-ring (bicyclic) bond motifs is 1. The highest BCUT2D eigenvalue weighted by atomic mass is 19.1. The second-order valence-electron chi connectivity index (χ2n) is 6.44. The van der Waals surface area contributed by atoms with E-state index in [1.165, 1.54) is 12.1 Å². The van der Waals surface area contributed by atoms with Gasteiger partial charge in [0.05, 0.1) is 17.8 Å². The van der Waals surface area contributed by atoms with Gasteiger partial charge >= 0.3 is 0 Å². The van der Waals surface area contributed by atoms with Crippen LogP contribution in [0.4, 0.5) is 10.1 Å². The molecule has 2 aromatic carbocycles. The number of carbonyl (C=O) groups is 2. The molecule has 0 atom stereocenters. The molecule has 1 aromatic heterocycles. The van der Waals surface area contributed by atoms with Gasteiger partial charge in [-0.3, -0.25) is 9.59 Å². The number of anilines is 1. The van der Waals surface area contributed by atoms with Crippen LogP contribution in [0.2, 0.25) is 0 Å². The highest BCUT2D eigenvalue weighted by Gasteiger charge is 2.28. The minimum absolute atomic E-state index is 0.0471. The monoisotopic (exact) mass is 364 g/mol. The first-order chi connectivity index (χ1) is 13.0. The minimum Gasteiger partial charge on any atom is -0.441 e. The van der Waals surface area contributed by atoms with E-state index in [0.717, 1.165) is 0 Å². The van der Waals surface area contributed by atoms with Crippen LogP contribution in [0, 0.1) is 12.7 Å². The Bertz CT molecular complexity index is 1020. The fourth-order valence-corrected chi connectivity index (χ4v) is 3.22. The van der Waals surface area contributed by atoms with Crippen LogP contribution < -0.4 is 4.90 Å². The van der Waals surface area contributed by atoms with Gasteiger partial charge in [0.25, 0.3) is 0 Å². The Hall–Kier alpha value is -3.28. The van der Waals surface area contributed by atoms with E-state index in [-0.39, 0.29) is 23.9 Å². The minimum atomic E-state index is -0.337. The van der Waals surface area contributed by atoms with Crippen molar-refractivity contribution < 1.29 is 18.4 Å². The molecule has 1 aliphatic rings. The third-order valence-electron chi connectivity index (χ3n) is 4.66. The number of halogens is 1. The van der Waals surface area contributed by atoms with Crippen molar-refractivity contribution in [1.29, 1.82) is 0 Å². The van der Waals surface area contributed by atoms with E-state index in [1.807, 2.05) is 6.07 Å². The molecule has 1 amide bonds. The average Bonchev–Trinajstić information content (AvgIpc) is 3.03. The van der Waals surface area contributed by atoms with Crippen LogP contribution in [-0.2, 0) is 11.2 Å². The lowest BCUT2D eigenvalue weighted by Crippen LogP contribution is -2.38. The summed E-state index contributed by atoms with van der Waals surface area (Å²) in [7, 11) is 0. The zero-order chi connectivity index (χ0) is 19.0. The summed E-state index contributed by atoms with van der Waals surface area (Å²) < 4.78 is 18.7. The fourth-order valence-electron chi connectivity index (χ4n) is 3.22. The molecule has 0 saturated carbocycles. The van der Waals surface area contributed by atoms with Crippen LogP contribution in [0.5, 0.6) is 0 Å². The zero-order valence-corrected chi connectivity index (χ0v) is 14.7. The highest BCUT2D eigenvalue weighted by molar-refractivity contribution is 6.09. The summed E-state index contributed by atoms with van der Waals surface area (Å²) in [4.78, 5) is 31.0. The predicted octanol–water partition coefficient (Wildman–Crippen LogP) is 3.95.